The van der Waals surface area contributed by atoms with Crippen molar-refractivity contribution in [2.45, 2.75) is 33.7 Å². The fourth-order valence-electron chi connectivity index (χ4n) is 1.82. The molecule has 0 spiro atoms. The molecule has 0 fully saturated rings. The Kier molecular flexibility index (Phi) is 3.25. The van der Waals surface area contributed by atoms with Gasteiger partial charge in [-0.1, -0.05) is 18.3 Å². The molecule has 2 heterocycles. The zero-order valence-corrected chi connectivity index (χ0v) is 11.1. The highest BCUT2D eigenvalue weighted by atomic mass is 35.5. The van der Waals surface area contributed by atoms with E-state index >= 15 is 0 Å². The van der Waals surface area contributed by atoms with Crippen LogP contribution in [0.4, 0.5) is 0 Å². The molecule has 0 saturated heterocycles. The van der Waals surface area contributed by atoms with Crippen LogP contribution in [0, 0.1) is 13.8 Å². The van der Waals surface area contributed by atoms with Gasteiger partial charge in [-0.05, 0) is 37.4 Å². The minimum atomic E-state index is 0.479. The molecule has 0 amide bonds. The maximum absolute atomic E-state index is 5.75. The number of nitrogens with zero attached hydrogens (tertiary/aromatic N) is 4. The van der Waals surface area contributed by atoms with Crippen molar-refractivity contribution in [2.75, 3.05) is 0 Å². The quantitative estimate of drug-likeness (QED) is 0.848. The minimum Gasteiger partial charge on any atom is -0.262 e. The summed E-state index contributed by atoms with van der Waals surface area (Å²) in [7, 11) is 0. The summed E-state index contributed by atoms with van der Waals surface area (Å²) < 4.78 is 2.44. The Morgan fingerprint density at radius 3 is 2.56 bits per heavy atom. The average Bonchev–Trinajstić information content (AvgIpc) is 2.74. The number of rotatable bonds is 3. The summed E-state index contributed by atoms with van der Waals surface area (Å²) in [6.07, 6.45) is 1.01. The van der Waals surface area contributed by atoms with E-state index in [2.05, 4.69) is 29.1 Å². The lowest BCUT2D eigenvalue weighted by Gasteiger charge is -2.01. The predicted molar refractivity (Wildman–Crippen MR) is 65.1 cm³/mol. The van der Waals surface area contributed by atoms with Crippen LogP contribution in [0.15, 0.2) is 0 Å². The number of hydrogen-bond donors (Lipinski definition) is 0. The van der Waals surface area contributed by atoms with Crippen LogP contribution < -0.4 is 0 Å². The number of halogens is 1. The molecule has 2 rings (SSSR count). The largest absolute Gasteiger partial charge is 0.262 e. The smallest absolute Gasteiger partial charge is 0.207 e. The summed E-state index contributed by atoms with van der Waals surface area (Å²) in [6, 6.07) is 0. The van der Waals surface area contributed by atoms with Gasteiger partial charge in [-0.15, -0.1) is 10.2 Å². The normalized spacial score (nSPS) is 11.0. The first-order chi connectivity index (χ1) is 7.61. The van der Waals surface area contributed by atoms with E-state index in [1.54, 1.807) is 0 Å². The van der Waals surface area contributed by atoms with E-state index in [1.165, 1.54) is 22.6 Å². The second-order valence-corrected chi connectivity index (χ2v) is 5.25. The Bertz CT molecular complexity index is 503. The summed E-state index contributed by atoms with van der Waals surface area (Å²) in [6.45, 7) is 6.91. The second kappa shape index (κ2) is 4.51. The van der Waals surface area contributed by atoms with Gasteiger partial charge in [0.25, 0.3) is 0 Å². The van der Waals surface area contributed by atoms with Crippen LogP contribution >= 0.6 is 22.9 Å². The molecule has 0 aliphatic rings. The van der Waals surface area contributed by atoms with Crippen molar-refractivity contribution in [3.63, 3.8) is 0 Å². The van der Waals surface area contributed by atoms with E-state index in [1.807, 2.05) is 11.6 Å². The molecule has 0 aliphatic heterocycles. The van der Waals surface area contributed by atoms with Crippen molar-refractivity contribution in [2.24, 2.45) is 0 Å². The maximum atomic E-state index is 5.75. The minimum absolute atomic E-state index is 0.479. The van der Waals surface area contributed by atoms with Crippen LogP contribution in [0.5, 0.6) is 0 Å². The molecule has 0 saturated carbocycles. The van der Waals surface area contributed by atoms with Crippen LogP contribution in [0.1, 0.15) is 28.9 Å². The number of aryl methyl sites for hydroxylation is 1. The highest BCUT2D eigenvalue weighted by molar-refractivity contribution is 7.15. The standard InChI is InChI=1S/C10H13ClN4S/c1-4-8-6(2)14-15(7(8)3)5-9-12-13-10(11)16-9/h4-5H2,1-3H3. The van der Waals surface area contributed by atoms with Gasteiger partial charge in [0.1, 0.15) is 5.01 Å². The molecule has 86 valence electrons. The lowest BCUT2D eigenvalue weighted by Crippen LogP contribution is -2.04. The molecule has 4 nitrogen and oxygen atoms in total. The molecule has 0 N–H and O–H groups in total. The van der Waals surface area contributed by atoms with Gasteiger partial charge in [-0.25, -0.2) is 0 Å². The fraction of sp³-hybridized carbons (Fsp3) is 0.500. The Labute approximate surface area is 103 Å². The molecule has 0 aromatic carbocycles. The van der Waals surface area contributed by atoms with Crippen molar-refractivity contribution in [3.8, 4) is 0 Å². The van der Waals surface area contributed by atoms with Crippen molar-refractivity contribution >= 4 is 22.9 Å². The lowest BCUT2D eigenvalue weighted by atomic mass is 10.1. The summed E-state index contributed by atoms with van der Waals surface area (Å²) >= 11 is 7.14. The van der Waals surface area contributed by atoms with Crippen LogP contribution in [0.2, 0.25) is 4.47 Å². The van der Waals surface area contributed by atoms with Gasteiger partial charge in [0.15, 0.2) is 0 Å². The number of aromatic nitrogens is 4. The molecule has 0 unspecified atom stereocenters. The van der Waals surface area contributed by atoms with Gasteiger partial charge in [-0.2, -0.15) is 5.10 Å². The van der Waals surface area contributed by atoms with Gasteiger partial charge in [0, 0.05) is 5.69 Å². The molecule has 6 heteroatoms. The van der Waals surface area contributed by atoms with Crippen molar-refractivity contribution < 1.29 is 0 Å². The third kappa shape index (κ3) is 2.10. The summed E-state index contributed by atoms with van der Waals surface area (Å²) in [4.78, 5) is 0. The van der Waals surface area contributed by atoms with E-state index in [0.717, 1.165) is 17.1 Å². The van der Waals surface area contributed by atoms with Crippen LogP contribution in [-0.2, 0) is 13.0 Å². The van der Waals surface area contributed by atoms with Gasteiger partial charge in [-0.3, -0.25) is 4.68 Å². The molecule has 2 aromatic heterocycles. The molecule has 16 heavy (non-hydrogen) atoms. The highest BCUT2D eigenvalue weighted by Crippen LogP contribution is 2.18. The molecular weight excluding hydrogens is 244 g/mol. The van der Waals surface area contributed by atoms with E-state index in [9.17, 15) is 0 Å². The van der Waals surface area contributed by atoms with Crippen LogP contribution in [0.25, 0.3) is 0 Å². The Hall–Kier alpha value is -0.940. The topological polar surface area (TPSA) is 43.6 Å². The first-order valence-electron chi connectivity index (χ1n) is 5.12. The molecular formula is C10H13ClN4S. The predicted octanol–water partition coefficient (Wildman–Crippen LogP) is 2.62. The van der Waals surface area contributed by atoms with Gasteiger partial charge >= 0.3 is 0 Å². The summed E-state index contributed by atoms with van der Waals surface area (Å²) in [5.41, 5.74) is 3.61. The SMILES string of the molecule is CCc1c(C)nn(Cc2nnc(Cl)s2)c1C. The third-order valence-corrected chi connectivity index (χ3v) is 3.62. The number of hydrogen-bond acceptors (Lipinski definition) is 4. The zero-order valence-electron chi connectivity index (χ0n) is 9.49. The molecule has 0 atom stereocenters. The summed E-state index contributed by atoms with van der Waals surface area (Å²) in [5.74, 6) is 0. The molecule has 0 radical (unpaired) electrons. The van der Waals surface area contributed by atoms with Gasteiger partial charge in [0.05, 0.1) is 12.2 Å². The van der Waals surface area contributed by atoms with Crippen molar-refractivity contribution in [1.29, 1.82) is 0 Å². The Morgan fingerprint density at radius 1 is 1.31 bits per heavy atom. The third-order valence-electron chi connectivity index (χ3n) is 2.61. The van der Waals surface area contributed by atoms with E-state index in [0.29, 0.717) is 11.0 Å². The van der Waals surface area contributed by atoms with Gasteiger partial charge in [0.2, 0.25) is 4.47 Å². The second-order valence-electron chi connectivity index (χ2n) is 3.61. The van der Waals surface area contributed by atoms with Crippen molar-refractivity contribution in [1.82, 2.24) is 20.0 Å². The monoisotopic (exact) mass is 256 g/mol. The van der Waals surface area contributed by atoms with Crippen LogP contribution in [-0.4, -0.2) is 20.0 Å². The fourth-order valence-corrected chi connectivity index (χ4v) is 2.67. The highest BCUT2D eigenvalue weighted by Gasteiger charge is 2.11. The van der Waals surface area contributed by atoms with E-state index in [4.69, 9.17) is 11.6 Å². The summed E-state index contributed by atoms with van der Waals surface area (Å²) in [5, 5.41) is 13.2. The zero-order chi connectivity index (χ0) is 11.7. The van der Waals surface area contributed by atoms with Crippen molar-refractivity contribution in [3.05, 3.63) is 26.4 Å². The first-order valence-corrected chi connectivity index (χ1v) is 6.32. The molecule has 2 aromatic rings. The van der Waals surface area contributed by atoms with E-state index < -0.39 is 0 Å². The average molecular weight is 257 g/mol. The van der Waals surface area contributed by atoms with E-state index in [-0.39, 0.29) is 0 Å². The van der Waals surface area contributed by atoms with Crippen LogP contribution in [0.3, 0.4) is 0 Å². The maximum Gasteiger partial charge on any atom is 0.207 e. The lowest BCUT2D eigenvalue weighted by molar-refractivity contribution is 0.650. The van der Waals surface area contributed by atoms with Gasteiger partial charge < -0.3 is 0 Å². The Morgan fingerprint density at radius 2 is 2.06 bits per heavy atom. The first kappa shape index (κ1) is 11.5. The molecule has 0 aliphatic carbocycles. The molecule has 0 bridgehead atoms. The Balaban J connectivity index is 2.28.